The first-order valence-electron chi connectivity index (χ1n) is 7.23. The standard InChI is InChI=1S/C17H14N4OS/c1-9-6-10(2)14-13(7-9)23-17(19-14)20-16(22)12-5-3-4-11-8-18-21-15(11)12/h3-8H,1-2H3,(H,18,21)(H,19,20,22). The summed E-state index contributed by atoms with van der Waals surface area (Å²) in [6, 6.07) is 9.72. The van der Waals surface area contributed by atoms with Crippen molar-refractivity contribution in [2.24, 2.45) is 0 Å². The summed E-state index contributed by atoms with van der Waals surface area (Å²) in [6.07, 6.45) is 1.70. The van der Waals surface area contributed by atoms with Gasteiger partial charge in [-0.1, -0.05) is 29.5 Å². The van der Waals surface area contributed by atoms with E-state index < -0.39 is 0 Å². The number of carbonyl (C=O) groups is 1. The fourth-order valence-corrected chi connectivity index (χ4v) is 3.78. The van der Waals surface area contributed by atoms with E-state index in [1.54, 1.807) is 12.3 Å². The highest BCUT2D eigenvalue weighted by atomic mass is 32.1. The van der Waals surface area contributed by atoms with Crippen LogP contribution in [0.4, 0.5) is 5.13 Å². The minimum Gasteiger partial charge on any atom is -0.298 e. The number of para-hydroxylation sites is 1. The Morgan fingerprint density at radius 1 is 1.26 bits per heavy atom. The molecule has 2 aromatic carbocycles. The van der Waals surface area contributed by atoms with Gasteiger partial charge >= 0.3 is 0 Å². The van der Waals surface area contributed by atoms with Crippen molar-refractivity contribution in [2.75, 3.05) is 5.32 Å². The van der Waals surface area contributed by atoms with Crippen molar-refractivity contribution < 1.29 is 4.79 Å². The molecule has 2 heterocycles. The quantitative estimate of drug-likeness (QED) is 0.585. The van der Waals surface area contributed by atoms with E-state index in [2.05, 4.69) is 39.6 Å². The first kappa shape index (κ1) is 13.9. The third-order valence-electron chi connectivity index (χ3n) is 3.77. The molecule has 0 aliphatic carbocycles. The van der Waals surface area contributed by atoms with E-state index in [1.165, 1.54) is 16.9 Å². The van der Waals surface area contributed by atoms with Crippen LogP contribution in [0, 0.1) is 13.8 Å². The van der Waals surface area contributed by atoms with Gasteiger partial charge in [0.05, 0.1) is 27.5 Å². The summed E-state index contributed by atoms with van der Waals surface area (Å²) >= 11 is 1.49. The number of aromatic nitrogens is 3. The number of nitrogens with one attached hydrogen (secondary N) is 2. The fraction of sp³-hybridized carbons (Fsp3) is 0.118. The Hall–Kier alpha value is -2.73. The predicted octanol–water partition coefficient (Wildman–Crippen LogP) is 4.04. The van der Waals surface area contributed by atoms with Crippen LogP contribution in [-0.4, -0.2) is 21.1 Å². The second-order valence-electron chi connectivity index (χ2n) is 5.54. The Kier molecular flexibility index (Phi) is 3.12. The third-order valence-corrected chi connectivity index (χ3v) is 4.69. The molecule has 0 spiro atoms. The van der Waals surface area contributed by atoms with E-state index in [-0.39, 0.29) is 5.91 Å². The van der Waals surface area contributed by atoms with Gasteiger partial charge in [0.25, 0.3) is 5.91 Å². The van der Waals surface area contributed by atoms with Crippen molar-refractivity contribution in [3.05, 3.63) is 53.2 Å². The molecule has 0 bridgehead atoms. The lowest BCUT2D eigenvalue weighted by Gasteiger charge is -2.02. The van der Waals surface area contributed by atoms with Gasteiger partial charge in [0.2, 0.25) is 0 Å². The molecular formula is C17H14N4OS. The number of H-pyrrole nitrogens is 1. The summed E-state index contributed by atoms with van der Waals surface area (Å²) in [5.74, 6) is -0.187. The smallest absolute Gasteiger partial charge is 0.259 e. The van der Waals surface area contributed by atoms with Gasteiger partial charge in [-0.05, 0) is 37.1 Å². The number of amides is 1. The minimum absolute atomic E-state index is 0.187. The number of thiazole rings is 1. The molecule has 0 atom stereocenters. The lowest BCUT2D eigenvalue weighted by atomic mass is 10.1. The van der Waals surface area contributed by atoms with Gasteiger partial charge < -0.3 is 0 Å². The molecule has 2 N–H and O–H groups in total. The summed E-state index contributed by atoms with van der Waals surface area (Å²) in [5.41, 5.74) is 4.55. The minimum atomic E-state index is -0.187. The molecule has 0 saturated heterocycles. The number of anilines is 1. The van der Waals surface area contributed by atoms with E-state index in [0.717, 1.165) is 26.7 Å². The molecular weight excluding hydrogens is 308 g/mol. The van der Waals surface area contributed by atoms with Crippen LogP contribution < -0.4 is 5.32 Å². The van der Waals surface area contributed by atoms with Crippen LogP contribution in [0.15, 0.2) is 36.5 Å². The van der Waals surface area contributed by atoms with Crippen molar-refractivity contribution in [1.82, 2.24) is 15.2 Å². The van der Waals surface area contributed by atoms with E-state index in [1.807, 2.05) is 19.1 Å². The fourth-order valence-electron chi connectivity index (χ4n) is 2.75. The molecule has 0 fully saturated rings. The molecule has 1 amide bonds. The zero-order valence-electron chi connectivity index (χ0n) is 12.7. The number of aryl methyl sites for hydroxylation is 2. The molecule has 0 saturated carbocycles. The normalized spacial score (nSPS) is 11.2. The van der Waals surface area contributed by atoms with Crippen LogP contribution in [0.1, 0.15) is 21.5 Å². The molecule has 0 aliphatic heterocycles. The summed E-state index contributed by atoms with van der Waals surface area (Å²) in [4.78, 5) is 17.1. The Morgan fingerprint density at radius 3 is 3.00 bits per heavy atom. The monoisotopic (exact) mass is 322 g/mol. The maximum absolute atomic E-state index is 12.6. The first-order chi connectivity index (χ1) is 11.1. The molecule has 6 heteroatoms. The molecule has 5 nitrogen and oxygen atoms in total. The predicted molar refractivity (Wildman–Crippen MR) is 93.1 cm³/mol. The summed E-state index contributed by atoms with van der Waals surface area (Å²) in [5, 5.41) is 11.3. The van der Waals surface area contributed by atoms with Crippen LogP contribution in [-0.2, 0) is 0 Å². The maximum Gasteiger partial charge on any atom is 0.259 e. The number of carbonyl (C=O) groups excluding carboxylic acids is 1. The number of benzene rings is 2. The summed E-state index contributed by atoms with van der Waals surface area (Å²) < 4.78 is 1.08. The molecule has 114 valence electrons. The Bertz CT molecular complexity index is 1050. The second-order valence-corrected chi connectivity index (χ2v) is 6.57. The molecule has 4 aromatic rings. The number of rotatable bonds is 2. The summed E-state index contributed by atoms with van der Waals surface area (Å²) in [6.45, 7) is 4.09. The van der Waals surface area contributed by atoms with Gasteiger partial charge in [-0.2, -0.15) is 5.10 Å². The highest BCUT2D eigenvalue weighted by Crippen LogP contribution is 2.29. The molecule has 23 heavy (non-hydrogen) atoms. The van der Waals surface area contributed by atoms with Crippen molar-refractivity contribution in [1.29, 1.82) is 0 Å². The summed E-state index contributed by atoms with van der Waals surface area (Å²) in [7, 11) is 0. The Morgan fingerprint density at radius 2 is 2.13 bits per heavy atom. The average Bonchev–Trinajstić information content (AvgIpc) is 3.12. The van der Waals surface area contributed by atoms with Crippen LogP contribution in [0.25, 0.3) is 21.1 Å². The van der Waals surface area contributed by atoms with E-state index in [4.69, 9.17) is 0 Å². The van der Waals surface area contributed by atoms with Crippen LogP contribution in [0.3, 0.4) is 0 Å². The largest absolute Gasteiger partial charge is 0.298 e. The molecule has 0 radical (unpaired) electrons. The van der Waals surface area contributed by atoms with Crippen molar-refractivity contribution >= 4 is 43.5 Å². The zero-order chi connectivity index (χ0) is 16.0. The zero-order valence-corrected chi connectivity index (χ0v) is 13.5. The van der Waals surface area contributed by atoms with Gasteiger partial charge in [-0.25, -0.2) is 4.98 Å². The number of aromatic amines is 1. The average molecular weight is 322 g/mol. The van der Waals surface area contributed by atoms with Crippen molar-refractivity contribution in [2.45, 2.75) is 13.8 Å². The number of hydrogen-bond acceptors (Lipinski definition) is 4. The Labute approximate surface area is 136 Å². The molecule has 2 aromatic heterocycles. The first-order valence-corrected chi connectivity index (χ1v) is 8.05. The van der Waals surface area contributed by atoms with Crippen molar-refractivity contribution in [3.63, 3.8) is 0 Å². The number of nitrogens with zero attached hydrogens (tertiary/aromatic N) is 2. The van der Waals surface area contributed by atoms with Gasteiger partial charge in [-0.3, -0.25) is 15.2 Å². The molecule has 0 unspecified atom stereocenters. The van der Waals surface area contributed by atoms with E-state index in [9.17, 15) is 4.79 Å². The molecule has 0 aliphatic rings. The lowest BCUT2D eigenvalue weighted by Crippen LogP contribution is -2.12. The maximum atomic E-state index is 12.6. The highest BCUT2D eigenvalue weighted by molar-refractivity contribution is 7.22. The van der Waals surface area contributed by atoms with Crippen LogP contribution >= 0.6 is 11.3 Å². The van der Waals surface area contributed by atoms with Gasteiger partial charge in [0, 0.05) is 5.39 Å². The lowest BCUT2D eigenvalue weighted by molar-refractivity contribution is 0.102. The Balaban J connectivity index is 1.71. The number of fused-ring (bicyclic) bond motifs is 2. The van der Waals surface area contributed by atoms with Crippen molar-refractivity contribution in [3.8, 4) is 0 Å². The van der Waals surface area contributed by atoms with Gasteiger partial charge in [0.15, 0.2) is 5.13 Å². The molecule has 4 rings (SSSR count). The highest BCUT2D eigenvalue weighted by Gasteiger charge is 2.14. The second kappa shape index (κ2) is 5.17. The van der Waals surface area contributed by atoms with Gasteiger partial charge in [0.1, 0.15) is 0 Å². The van der Waals surface area contributed by atoms with Crippen LogP contribution in [0.5, 0.6) is 0 Å². The van der Waals surface area contributed by atoms with E-state index >= 15 is 0 Å². The SMILES string of the molecule is Cc1cc(C)c2nc(NC(=O)c3cccc4cn[nH]c34)sc2c1. The topological polar surface area (TPSA) is 70.7 Å². The third kappa shape index (κ3) is 2.37. The number of hydrogen-bond donors (Lipinski definition) is 2. The van der Waals surface area contributed by atoms with Gasteiger partial charge in [-0.15, -0.1) is 0 Å². The van der Waals surface area contributed by atoms with Crippen LogP contribution in [0.2, 0.25) is 0 Å². The van der Waals surface area contributed by atoms with E-state index in [0.29, 0.717) is 10.7 Å².